The lowest BCUT2D eigenvalue weighted by atomic mass is 9.90. The lowest BCUT2D eigenvalue weighted by Gasteiger charge is -2.34. The first-order valence-electron chi connectivity index (χ1n) is 6.15. The van der Waals surface area contributed by atoms with Crippen LogP contribution in [-0.4, -0.2) is 35.0 Å². The van der Waals surface area contributed by atoms with E-state index in [1.165, 1.54) is 0 Å². The Kier molecular flexibility index (Phi) is 3.65. The molecule has 2 atom stereocenters. The summed E-state index contributed by atoms with van der Waals surface area (Å²) < 4.78 is 0. The van der Waals surface area contributed by atoms with Gasteiger partial charge in [-0.25, -0.2) is 0 Å². The Morgan fingerprint density at radius 3 is 2.50 bits per heavy atom. The summed E-state index contributed by atoms with van der Waals surface area (Å²) in [5, 5.41) is 9.09. The van der Waals surface area contributed by atoms with Crippen LogP contribution in [0.5, 0.6) is 0 Å². The molecule has 0 aliphatic carbocycles. The van der Waals surface area contributed by atoms with Gasteiger partial charge in [-0.1, -0.05) is 25.1 Å². The molecule has 1 saturated heterocycles. The largest absolute Gasteiger partial charge is 0.481 e. The number of carboxylic acid groups (broad SMARTS) is 1. The number of hydrogen-bond acceptors (Lipinski definition) is 2. The Bertz CT molecular complexity index is 444. The quantitative estimate of drug-likeness (QED) is 0.868. The van der Waals surface area contributed by atoms with Gasteiger partial charge in [0.15, 0.2) is 0 Å². The number of carboxylic acids is 1. The number of likely N-dealkylation sites (tertiary alicyclic amines) is 1. The summed E-state index contributed by atoms with van der Waals surface area (Å²) in [6.07, 6.45) is 0.647. The van der Waals surface area contributed by atoms with Gasteiger partial charge in [0.25, 0.3) is 5.91 Å². The van der Waals surface area contributed by atoms with Crippen molar-refractivity contribution in [3.8, 4) is 0 Å². The summed E-state index contributed by atoms with van der Waals surface area (Å²) in [6.45, 7) is 2.94. The zero-order valence-electron chi connectivity index (χ0n) is 10.4. The van der Waals surface area contributed by atoms with Crippen LogP contribution in [-0.2, 0) is 4.79 Å². The minimum atomic E-state index is -0.813. The zero-order chi connectivity index (χ0) is 13.1. The third-order valence-corrected chi connectivity index (χ3v) is 3.32. The maximum atomic E-state index is 12.2. The second-order valence-corrected chi connectivity index (χ2v) is 4.95. The number of piperidine rings is 1. The van der Waals surface area contributed by atoms with Crippen LogP contribution in [0.25, 0.3) is 0 Å². The van der Waals surface area contributed by atoms with Crippen LogP contribution in [0.4, 0.5) is 0 Å². The van der Waals surface area contributed by atoms with E-state index in [9.17, 15) is 9.59 Å². The van der Waals surface area contributed by atoms with Gasteiger partial charge in [0.1, 0.15) is 0 Å². The van der Waals surface area contributed by atoms with Crippen molar-refractivity contribution in [2.24, 2.45) is 11.8 Å². The predicted molar refractivity (Wildman–Crippen MR) is 67.3 cm³/mol. The number of rotatable bonds is 2. The molecular weight excluding hydrogens is 230 g/mol. The van der Waals surface area contributed by atoms with Crippen molar-refractivity contribution in [1.29, 1.82) is 0 Å². The average Bonchev–Trinajstić information content (AvgIpc) is 2.38. The minimum Gasteiger partial charge on any atom is -0.481 e. The fourth-order valence-electron chi connectivity index (χ4n) is 2.46. The second kappa shape index (κ2) is 5.21. The maximum absolute atomic E-state index is 12.2. The molecule has 1 aromatic carbocycles. The van der Waals surface area contributed by atoms with Crippen LogP contribution in [0.2, 0.25) is 0 Å². The summed E-state index contributed by atoms with van der Waals surface area (Å²) in [5.41, 5.74) is 0.621. The molecule has 4 nitrogen and oxygen atoms in total. The van der Waals surface area contributed by atoms with Crippen molar-refractivity contribution < 1.29 is 14.7 Å². The molecule has 96 valence electrons. The fourth-order valence-corrected chi connectivity index (χ4v) is 2.46. The van der Waals surface area contributed by atoms with E-state index in [1.807, 2.05) is 25.1 Å². The van der Waals surface area contributed by atoms with Crippen molar-refractivity contribution >= 4 is 11.9 Å². The van der Waals surface area contributed by atoms with Gasteiger partial charge in [0, 0.05) is 18.7 Å². The van der Waals surface area contributed by atoms with Crippen LogP contribution in [0.15, 0.2) is 30.3 Å². The Hall–Kier alpha value is -1.84. The van der Waals surface area contributed by atoms with Gasteiger partial charge in [0.2, 0.25) is 0 Å². The van der Waals surface area contributed by atoms with Crippen LogP contribution in [0, 0.1) is 11.8 Å². The molecule has 0 saturated carbocycles. The maximum Gasteiger partial charge on any atom is 0.308 e. The van der Waals surface area contributed by atoms with Crippen LogP contribution >= 0.6 is 0 Å². The second-order valence-electron chi connectivity index (χ2n) is 4.95. The van der Waals surface area contributed by atoms with Crippen molar-refractivity contribution in [2.75, 3.05) is 13.1 Å². The molecule has 2 rings (SSSR count). The highest BCUT2D eigenvalue weighted by atomic mass is 16.4. The lowest BCUT2D eigenvalue weighted by Crippen LogP contribution is -2.45. The number of amides is 1. The molecule has 1 N–H and O–H groups in total. The number of hydrogen-bond donors (Lipinski definition) is 1. The summed E-state index contributed by atoms with van der Waals surface area (Å²) in [4.78, 5) is 25.0. The smallest absolute Gasteiger partial charge is 0.308 e. The number of carbonyl (C=O) groups excluding carboxylic acids is 1. The molecule has 1 amide bonds. The highest BCUT2D eigenvalue weighted by molar-refractivity contribution is 5.94. The van der Waals surface area contributed by atoms with E-state index in [4.69, 9.17) is 5.11 Å². The van der Waals surface area contributed by atoms with Gasteiger partial charge in [-0.15, -0.1) is 0 Å². The molecule has 2 unspecified atom stereocenters. The predicted octanol–water partition coefficient (Wildman–Crippen LogP) is 1.87. The standard InChI is InChI=1S/C14H17NO3/c1-10-7-12(14(17)18)9-15(8-10)13(16)11-5-3-2-4-6-11/h2-6,10,12H,7-9H2,1H3,(H,17,18). The van der Waals surface area contributed by atoms with Gasteiger partial charge in [-0.2, -0.15) is 0 Å². The normalized spacial score (nSPS) is 23.7. The van der Waals surface area contributed by atoms with Gasteiger partial charge >= 0.3 is 5.97 Å². The number of nitrogens with zero attached hydrogens (tertiary/aromatic N) is 1. The number of benzene rings is 1. The van der Waals surface area contributed by atoms with E-state index in [0.29, 0.717) is 25.1 Å². The number of aliphatic carboxylic acids is 1. The third-order valence-electron chi connectivity index (χ3n) is 3.32. The highest BCUT2D eigenvalue weighted by Crippen LogP contribution is 2.23. The third kappa shape index (κ3) is 2.70. The molecule has 18 heavy (non-hydrogen) atoms. The summed E-state index contributed by atoms with van der Waals surface area (Å²) in [5.74, 6) is -1.10. The molecule has 0 radical (unpaired) electrons. The molecule has 0 spiro atoms. The molecule has 0 aromatic heterocycles. The van der Waals surface area contributed by atoms with E-state index >= 15 is 0 Å². The van der Waals surface area contributed by atoms with Gasteiger partial charge < -0.3 is 10.0 Å². The zero-order valence-corrected chi connectivity index (χ0v) is 10.4. The first-order chi connectivity index (χ1) is 8.58. The monoisotopic (exact) mass is 247 g/mol. The fraction of sp³-hybridized carbons (Fsp3) is 0.429. The summed E-state index contributed by atoms with van der Waals surface area (Å²) in [6, 6.07) is 9.01. The SMILES string of the molecule is CC1CC(C(=O)O)CN(C(=O)c2ccccc2)C1. The minimum absolute atomic E-state index is 0.0756. The molecule has 0 bridgehead atoms. The van der Waals surface area contributed by atoms with Crippen molar-refractivity contribution in [1.82, 2.24) is 4.90 Å². The molecule has 1 aliphatic rings. The molecule has 1 aromatic rings. The van der Waals surface area contributed by atoms with E-state index in [1.54, 1.807) is 17.0 Å². The van der Waals surface area contributed by atoms with E-state index < -0.39 is 11.9 Å². The number of carbonyl (C=O) groups is 2. The Labute approximate surface area is 106 Å². The Morgan fingerprint density at radius 2 is 1.89 bits per heavy atom. The average molecular weight is 247 g/mol. The van der Waals surface area contributed by atoms with Crippen LogP contribution < -0.4 is 0 Å². The molecule has 1 fully saturated rings. The van der Waals surface area contributed by atoms with Crippen molar-refractivity contribution in [3.05, 3.63) is 35.9 Å². The topological polar surface area (TPSA) is 57.6 Å². The molecular formula is C14H17NO3. The summed E-state index contributed by atoms with van der Waals surface area (Å²) >= 11 is 0. The van der Waals surface area contributed by atoms with Crippen molar-refractivity contribution in [3.63, 3.8) is 0 Å². The molecule has 1 aliphatic heterocycles. The first-order valence-corrected chi connectivity index (χ1v) is 6.15. The van der Waals surface area contributed by atoms with Gasteiger partial charge in [-0.05, 0) is 24.5 Å². The highest BCUT2D eigenvalue weighted by Gasteiger charge is 2.32. The molecule has 4 heteroatoms. The van der Waals surface area contributed by atoms with E-state index in [-0.39, 0.29) is 11.8 Å². The van der Waals surface area contributed by atoms with Gasteiger partial charge in [0.05, 0.1) is 5.92 Å². The summed E-state index contributed by atoms with van der Waals surface area (Å²) in [7, 11) is 0. The molecule has 1 heterocycles. The lowest BCUT2D eigenvalue weighted by molar-refractivity contribution is -0.143. The Morgan fingerprint density at radius 1 is 1.22 bits per heavy atom. The van der Waals surface area contributed by atoms with Crippen LogP contribution in [0.3, 0.4) is 0 Å². The first kappa shape index (κ1) is 12.6. The van der Waals surface area contributed by atoms with Crippen molar-refractivity contribution in [2.45, 2.75) is 13.3 Å². The van der Waals surface area contributed by atoms with E-state index in [0.717, 1.165) is 0 Å². The Balaban J connectivity index is 2.13. The van der Waals surface area contributed by atoms with Crippen LogP contribution in [0.1, 0.15) is 23.7 Å². The van der Waals surface area contributed by atoms with Gasteiger partial charge in [-0.3, -0.25) is 9.59 Å². The van der Waals surface area contributed by atoms with E-state index in [2.05, 4.69) is 0 Å².